The van der Waals surface area contributed by atoms with Crippen molar-refractivity contribution in [3.05, 3.63) is 33.9 Å². The van der Waals surface area contributed by atoms with E-state index in [0.29, 0.717) is 0 Å². The topological polar surface area (TPSA) is 83.8 Å². The molecule has 4 heterocycles. The van der Waals surface area contributed by atoms with E-state index in [4.69, 9.17) is 4.74 Å². The molecule has 0 radical (unpaired) electrons. The lowest BCUT2D eigenvalue weighted by Crippen LogP contribution is -2.51. The quantitative estimate of drug-likeness (QED) is 0.771. The molecule has 3 aliphatic rings. The van der Waals surface area contributed by atoms with E-state index in [2.05, 4.69) is 5.32 Å². The summed E-state index contributed by atoms with van der Waals surface area (Å²) in [4.78, 5) is 25.7. The molecule has 2 N–H and O–H groups in total. The minimum atomic E-state index is -2.84. The molecule has 0 spiro atoms. The van der Waals surface area contributed by atoms with Crippen molar-refractivity contribution in [2.24, 2.45) is 5.92 Å². The molecule has 0 amide bonds. The van der Waals surface area contributed by atoms with Crippen LogP contribution in [0.25, 0.3) is 10.9 Å². The summed E-state index contributed by atoms with van der Waals surface area (Å²) in [5.74, 6) is -5.89. The summed E-state index contributed by atoms with van der Waals surface area (Å²) in [6.07, 6.45) is 0.978. The maximum Gasteiger partial charge on any atom is 0.341 e. The SMILES string of the molecule is C[C@H]1COc2c(N3CC4NCCC(F)(F)C4C3)c(F)cc3c(=O)c(C(=O)O)cn1c23. The highest BCUT2D eigenvalue weighted by atomic mass is 19.3. The van der Waals surface area contributed by atoms with Crippen LogP contribution in [0, 0.1) is 11.7 Å². The van der Waals surface area contributed by atoms with Crippen molar-refractivity contribution in [3.8, 4) is 5.75 Å². The molecule has 2 aromatic rings. The summed E-state index contributed by atoms with van der Waals surface area (Å²) in [7, 11) is 0. The molecule has 3 atom stereocenters. The second kappa shape index (κ2) is 6.37. The number of hydrogen-bond acceptors (Lipinski definition) is 5. The van der Waals surface area contributed by atoms with Gasteiger partial charge in [-0.2, -0.15) is 0 Å². The third-order valence-corrected chi connectivity index (χ3v) is 6.42. The minimum Gasteiger partial charge on any atom is -0.487 e. The van der Waals surface area contributed by atoms with E-state index in [0.717, 1.165) is 6.07 Å². The molecule has 5 rings (SSSR count). The first-order valence-corrected chi connectivity index (χ1v) is 9.82. The van der Waals surface area contributed by atoms with Gasteiger partial charge in [-0.05, 0) is 13.0 Å². The molecular weight excluding hydrogens is 403 g/mol. The number of fused-ring (bicyclic) bond motifs is 1. The zero-order chi connectivity index (χ0) is 21.4. The maximum absolute atomic E-state index is 15.2. The maximum atomic E-state index is 15.2. The smallest absolute Gasteiger partial charge is 0.341 e. The summed E-state index contributed by atoms with van der Waals surface area (Å²) in [6, 6.07) is 0.230. The van der Waals surface area contributed by atoms with E-state index in [1.54, 1.807) is 16.4 Å². The van der Waals surface area contributed by atoms with Gasteiger partial charge in [-0.3, -0.25) is 4.79 Å². The highest BCUT2D eigenvalue weighted by molar-refractivity contribution is 5.97. The fourth-order valence-electron chi connectivity index (χ4n) is 4.89. The highest BCUT2D eigenvalue weighted by Gasteiger charge is 2.52. The fraction of sp³-hybridized carbons (Fsp3) is 0.500. The van der Waals surface area contributed by atoms with Gasteiger partial charge in [0.1, 0.15) is 17.9 Å². The number of rotatable bonds is 2. The zero-order valence-electron chi connectivity index (χ0n) is 16.1. The van der Waals surface area contributed by atoms with Crippen LogP contribution in [0.3, 0.4) is 0 Å². The third-order valence-electron chi connectivity index (χ3n) is 6.42. The predicted molar refractivity (Wildman–Crippen MR) is 102 cm³/mol. The second-order valence-corrected chi connectivity index (χ2v) is 8.26. The van der Waals surface area contributed by atoms with E-state index < -0.39 is 40.7 Å². The molecule has 1 aromatic heterocycles. The molecule has 10 heteroatoms. The van der Waals surface area contributed by atoms with E-state index in [9.17, 15) is 23.5 Å². The van der Waals surface area contributed by atoms with E-state index >= 15 is 4.39 Å². The molecule has 30 heavy (non-hydrogen) atoms. The number of carboxylic acid groups (broad SMARTS) is 1. The van der Waals surface area contributed by atoms with Gasteiger partial charge < -0.3 is 24.6 Å². The number of aromatic nitrogens is 1. The van der Waals surface area contributed by atoms with Crippen LogP contribution in [0.4, 0.5) is 18.9 Å². The summed E-state index contributed by atoms with van der Waals surface area (Å²) in [5.41, 5.74) is -0.931. The Morgan fingerprint density at radius 2 is 2.13 bits per heavy atom. The summed E-state index contributed by atoms with van der Waals surface area (Å²) in [5, 5.41) is 12.3. The predicted octanol–water partition coefficient (Wildman–Crippen LogP) is 2.23. The van der Waals surface area contributed by atoms with Crippen LogP contribution in [0.15, 0.2) is 17.1 Å². The molecule has 2 unspecified atom stereocenters. The lowest BCUT2D eigenvalue weighted by atomic mass is 9.90. The van der Waals surface area contributed by atoms with Gasteiger partial charge >= 0.3 is 5.97 Å². The molecule has 2 saturated heterocycles. The number of anilines is 1. The lowest BCUT2D eigenvalue weighted by Gasteiger charge is -2.33. The number of aromatic carboxylic acids is 1. The molecule has 3 aliphatic heterocycles. The molecule has 1 aromatic carbocycles. The molecule has 7 nitrogen and oxygen atoms in total. The average Bonchev–Trinajstić information content (AvgIpc) is 3.11. The Bertz CT molecular complexity index is 1130. The first kappa shape index (κ1) is 19.2. The second-order valence-electron chi connectivity index (χ2n) is 8.26. The van der Waals surface area contributed by atoms with Crippen LogP contribution < -0.4 is 20.4 Å². The van der Waals surface area contributed by atoms with Gasteiger partial charge in [0.15, 0.2) is 11.6 Å². The number of halogens is 3. The van der Waals surface area contributed by atoms with Crippen molar-refractivity contribution >= 4 is 22.6 Å². The van der Waals surface area contributed by atoms with Crippen molar-refractivity contribution in [3.63, 3.8) is 0 Å². The van der Waals surface area contributed by atoms with E-state index in [1.807, 2.05) is 0 Å². The summed E-state index contributed by atoms with van der Waals surface area (Å²) in [6.45, 7) is 2.26. The van der Waals surface area contributed by atoms with Crippen LogP contribution in [-0.4, -0.2) is 53.8 Å². The normalized spacial score (nSPS) is 27.1. The molecule has 0 aliphatic carbocycles. The number of nitrogens with zero attached hydrogens (tertiary/aromatic N) is 2. The number of carbonyl (C=O) groups is 1. The van der Waals surface area contributed by atoms with Crippen molar-refractivity contribution in [2.45, 2.75) is 31.4 Å². The lowest BCUT2D eigenvalue weighted by molar-refractivity contribution is -0.0811. The molecular formula is C20H20F3N3O4. The summed E-state index contributed by atoms with van der Waals surface area (Å²) < 4.78 is 51.4. The number of piperidine rings is 1. The summed E-state index contributed by atoms with van der Waals surface area (Å²) >= 11 is 0. The zero-order valence-corrected chi connectivity index (χ0v) is 16.1. The Hall–Kier alpha value is -2.75. The van der Waals surface area contributed by atoms with E-state index in [1.165, 1.54) is 6.20 Å². The van der Waals surface area contributed by atoms with Crippen LogP contribution in [0.1, 0.15) is 29.7 Å². The van der Waals surface area contributed by atoms with Gasteiger partial charge in [-0.15, -0.1) is 0 Å². The average molecular weight is 423 g/mol. The fourth-order valence-corrected chi connectivity index (χ4v) is 4.89. The Balaban J connectivity index is 1.70. The largest absolute Gasteiger partial charge is 0.487 e. The van der Waals surface area contributed by atoms with Gasteiger partial charge in [-0.1, -0.05) is 0 Å². The van der Waals surface area contributed by atoms with Crippen LogP contribution >= 0.6 is 0 Å². The first-order valence-electron chi connectivity index (χ1n) is 9.82. The Labute approximate surface area is 169 Å². The molecule has 160 valence electrons. The number of hydrogen-bond donors (Lipinski definition) is 2. The van der Waals surface area contributed by atoms with Crippen LogP contribution in [0.2, 0.25) is 0 Å². The monoisotopic (exact) mass is 423 g/mol. The van der Waals surface area contributed by atoms with Crippen molar-refractivity contribution in [1.29, 1.82) is 0 Å². The number of benzene rings is 1. The Morgan fingerprint density at radius 3 is 2.83 bits per heavy atom. The number of ether oxygens (including phenoxy) is 1. The van der Waals surface area contributed by atoms with Gasteiger partial charge in [0.05, 0.1) is 22.9 Å². The molecule has 0 bridgehead atoms. The van der Waals surface area contributed by atoms with Gasteiger partial charge in [0.25, 0.3) is 5.92 Å². The van der Waals surface area contributed by atoms with Gasteiger partial charge in [0.2, 0.25) is 5.43 Å². The third kappa shape index (κ3) is 2.62. The number of alkyl halides is 2. The minimum absolute atomic E-state index is 0.0395. The van der Waals surface area contributed by atoms with E-state index in [-0.39, 0.29) is 61.0 Å². The standard InChI is InChI=1S/C20H20F3N3O4/c1-9-8-30-18-15-10(17(27)11(19(28)29)5-26(9)15)4-13(21)16(18)25-6-12-14(7-25)24-3-2-20(12,22)23/h4-5,9,12,14,24H,2-3,6-8H2,1H3,(H,28,29)/t9-,12?,14?/m0/s1. The van der Waals surface area contributed by atoms with Crippen molar-refractivity contribution in [2.75, 3.05) is 31.1 Å². The highest BCUT2D eigenvalue weighted by Crippen LogP contribution is 2.46. The Morgan fingerprint density at radius 1 is 1.37 bits per heavy atom. The molecule has 0 saturated carbocycles. The van der Waals surface area contributed by atoms with Crippen molar-refractivity contribution < 1.29 is 27.8 Å². The molecule has 2 fully saturated rings. The number of carboxylic acids is 1. The van der Waals surface area contributed by atoms with Crippen LogP contribution in [-0.2, 0) is 0 Å². The number of nitrogens with one attached hydrogen (secondary N) is 1. The van der Waals surface area contributed by atoms with Gasteiger partial charge in [-0.25, -0.2) is 18.0 Å². The Kier molecular flexibility index (Phi) is 4.08. The van der Waals surface area contributed by atoms with Crippen LogP contribution in [0.5, 0.6) is 5.75 Å². The van der Waals surface area contributed by atoms with Gasteiger partial charge in [0, 0.05) is 38.3 Å². The van der Waals surface area contributed by atoms with Crippen molar-refractivity contribution in [1.82, 2.24) is 9.88 Å². The number of pyridine rings is 1. The first-order chi connectivity index (χ1) is 14.2.